The normalized spacial score (nSPS) is 13.2. The number of nitrogens with zero attached hydrogens (tertiary/aromatic N) is 2. The molecule has 1 unspecified atom stereocenters. The first kappa shape index (κ1) is 15.3. The fraction of sp³-hybridized carbons (Fsp3) is 1.00. The average molecular weight is 196 g/mol. The van der Waals surface area contributed by atoms with Crippen molar-refractivity contribution in [3.63, 3.8) is 0 Å². The molecule has 0 aliphatic carbocycles. The summed E-state index contributed by atoms with van der Waals surface area (Å²) in [5, 5.41) is 0. The smallest absolute Gasteiger partial charge is 0.255 e. The van der Waals surface area contributed by atoms with Crippen molar-refractivity contribution in [3.05, 3.63) is 0 Å². The molecule has 0 N–H and O–H groups in total. The topological polar surface area (TPSA) is 6.48 Å². The highest BCUT2D eigenvalue weighted by Crippen LogP contribution is 2.06. The van der Waals surface area contributed by atoms with E-state index in [-0.39, 0.29) is 0 Å². The van der Waals surface area contributed by atoms with Gasteiger partial charge in [0.2, 0.25) is 0 Å². The second-order valence-electron chi connectivity index (χ2n) is 3.13. The van der Waals surface area contributed by atoms with Crippen LogP contribution < -0.4 is 0 Å². The minimum Gasteiger partial charge on any atom is -0.308 e. The number of hydrogen-bond donors (Lipinski definition) is 0. The molecule has 0 aliphatic heterocycles. The Hall–Kier alpha value is -0.220. The van der Waals surface area contributed by atoms with Gasteiger partial charge in [0.25, 0.3) is 6.43 Å². The zero-order chi connectivity index (χ0) is 11.0. The van der Waals surface area contributed by atoms with Crippen molar-refractivity contribution in [2.45, 2.75) is 26.3 Å². The SMILES string of the molecule is CC.CN(C)CC(C(F)F)N(C)C. The van der Waals surface area contributed by atoms with E-state index in [0.717, 1.165) is 0 Å². The summed E-state index contributed by atoms with van der Waals surface area (Å²) in [5.74, 6) is 0. The van der Waals surface area contributed by atoms with Gasteiger partial charge in [0.1, 0.15) is 0 Å². The molecule has 0 aromatic heterocycles. The average Bonchev–Trinajstić information content (AvgIpc) is 2.03. The van der Waals surface area contributed by atoms with Crippen LogP contribution in [0.4, 0.5) is 8.78 Å². The molecule has 82 valence electrons. The number of halogens is 2. The van der Waals surface area contributed by atoms with Crippen molar-refractivity contribution in [1.29, 1.82) is 0 Å². The zero-order valence-electron chi connectivity index (χ0n) is 9.51. The molecule has 13 heavy (non-hydrogen) atoms. The molecule has 0 aliphatic rings. The fourth-order valence-electron chi connectivity index (χ4n) is 0.842. The molecule has 0 saturated carbocycles. The van der Waals surface area contributed by atoms with E-state index in [4.69, 9.17) is 0 Å². The summed E-state index contributed by atoms with van der Waals surface area (Å²) >= 11 is 0. The van der Waals surface area contributed by atoms with Gasteiger partial charge >= 0.3 is 0 Å². The number of hydrogen-bond acceptors (Lipinski definition) is 2. The van der Waals surface area contributed by atoms with E-state index in [0.29, 0.717) is 6.54 Å². The monoisotopic (exact) mass is 196 g/mol. The summed E-state index contributed by atoms with van der Waals surface area (Å²) in [5.41, 5.74) is 0. The molecule has 1 atom stereocenters. The first-order valence-corrected chi connectivity index (χ1v) is 4.54. The van der Waals surface area contributed by atoms with Gasteiger partial charge in [-0.25, -0.2) is 8.78 Å². The van der Waals surface area contributed by atoms with Crippen LogP contribution in [0.25, 0.3) is 0 Å². The van der Waals surface area contributed by atoms with Crippen LogP contribution in [0, 0.1) is 0 Å². The lowest BCUT2D eigenvalue weighted by atomic mass is 10.3. The number of rotatable bonds is 4. The highest BCUT2D eigenvalue weighted by molar-refractivity contribution is 4.70. The van der Waals surface area contributed by atoms with Crippen LogP contribution in [0.15, 0.2) is 0 Å². The van der Waals surface area contributed by atoms with Gasteiger partial charge < -0.3 is 9.80 Å². The Morgan fingerprint density at radius 1 is 1.00 bits per heavy atom. The summed E-state index contributed by atoms with van der Waals surface area (Å²) in [4.78, 5) is 3.31. The maximum absolute atomic E-state index is 12.2. The first-order valence-electron chi connectivity index (χ1n) is 4.54. The second kappa shape index (κ2) is 8.38. The first-order chi connectivity index (χ1) is 5.95. The summed E-state index contributed by atoms with van der Waals surface area (Å²) < 4.78 is 24.5. The minimum absolute atomic E-state index is 0.394. The molecule has 0 bridgehead atoms. The van der Waals surface area contributed by atoms with Gasteiger partial charge in [-0.2, -0.15) is 0 Å². The van der Waals surface area contributed by atoms with Crippen molar-refractivity contribution in [2.75, 3.05) is 34.7 Å². The number of likely N-dealkylation sites (N-methyl/N-ethyl adjacent to an activating group) is 2. The third-order valence-corrected chi connectivity index (χ3v) is 1.51. The molecule has 0 spiro atoms. The van der Waals surface area contributed by atoms with Crippen LogP contribution >= 0.6 is 0 Å². The molecule has 0 fully saturated rings. The van der Waals surface area contributed by atoms with Crippen molar-refractivity contribution >= 4 is 0 Å². The van der Waals surface area contributed by atoms with Gasteiger partial charge in [0.15, 0.2) is 0 Å². The largest absolute Gasteiger partial charge is 0.308 e. The summed E-state index contributed by atoms with van der Waals surface area (Å²) in [6.45, 7) is 4.39. The molecule has 4 heteroatoms. The summed E-state index contributed by atoms with van der Waals surface area (Å²) in [6.07, 6.45) is -2.27. The van der Waals surface area contributed by atoms with E-state index in [2.05, 4.69) is 0 Å². The van der Waals surface area contributed by atoms with Crippen molar-refractivity contribution in [2.24, 2.45) is 0 Å². The predicted molar refractivity (Wildman–Crippen MR) is 53.4 cm³/mol. The lowest BCUT2D eigenvalue weighted by Gasteiger charge is -2.26. The van der Waals surface area contributed by atoms with Gasteiger partial charge in [0, 0.05) is 6.54 Å². The molecule has 0 radical (unpaired) electrons. The summed E-state index contributed by atoms with van der Waals surface area (Å²) in [6, 6.07) is -0.662. The molecule has 0 aromatic rings. The second-order valence-corrected chi connectivity index (χ2v) is 3.13. The van der Waals surface area contributed by atoms with Crippen molar-refractivity contribution in [3.8, 4) is 0 Å². The Bertz CT molecular complexity index is 97.8. The highest BCUT2D eigenvalue weighted by Gasteiger charge is 2.22. The molecule has 0 rings (SSSR count). The van der Waals surface area contributed by atoms with E-state index in [9.17, 15) is 8.78 Å². The number of alkyl halides is 2. The molecular weight excluding hydrogens is 174 g/mol. The molecular formula is C9H22F2N2. The zero-order valence-corrected chi connectivity index (χ0v) is 9.51. The van der Waals surface area contributed by atoms with Crippen LogP contribution in [0.5, 0.6) is 0 Å². The predicted octanol–water partition coefficient (Wildman–Crippen LogP) is 1.77. The van der Waals surface area contributed by atoms with Crippen LogP contribution in [-0.2, 0) is 0 Å². The van der Waals surface area contributed by atoms with E-state index >= 15 is 0 Å². The Labute approximate surface area is 80.5 Å². The third-order valence-electron chi connectivity index (χ3n) is 1.51. The molecule has 0 amide bonds. The van der Waals surface area contributed by atoms with Gasteiger partial charge in [-0.05, 0) is 28.2 Å². The highest BCUT2D eigenvalue weighted by atomic mass is 19.3. The standard InChI is InChI=1S/C7H16F2N2.C2H6/c1-10(2)5-6(7(8)9)11(3)4;1-2/h6-7H,5H2,1-4H3;1-2H3. The molecule has 0 heterocycles. The van der Waals surface area contributed by atoms with Crippen LogP contribution in [-0.4, -0.2) is 57.0 Å². The van der Waals surface area contributed by atoms with Crippen molar-refractivity contribution < 1.29 is 8.78 Å². The quantitative estimate of drug-likeness (QED) is 0.676. The summed E-state index contributed by atoms with van der Waals surface area (Å²) in [7, 11) is 6.92. The van der Waals surface area contributed by atoms with E-state index < -0.39 is 12.5 Å². The Kier molecular flexibility index (Phi) is 9.84. The van der Waals surface area contributed by atoms with Gasteiger partial charge in [0.05, 0.1) is 6.04 Å². The molecule has 0 saturated heterocycles. The van der Waals surface area contributed by atoms with Gasteiger partial charge in [-0.3, -0.25) is 0 Å². The Morgan fingerprint density at radius 2 is 1.38 bits per heavy atom. The maximum Gasteiger partial charge on any atom is 0.255 e. The van der Waals surface area contributed by atoms with E-state index in [1.807, 2.05) is 13.8 Å². The molecule has 0 aromatic carbocycles. The van der Waals surface area contributed by atoms with E-state index in [1.54, 1.807) is 38.0 Å². The van der Waals surface area contributed by atoms with Gasteiger partial charge in [-0.1, -0.05) is 13.8 Å². The fourth-order valence-corrected chi connectivity index (χ4v) is 0.842. The van der Waals surface area contributed by atoms with E-state index in [1.165, 1.54) is 0 Å². The van der Waals surface area contributed by atoms with Crippen LogP contribution in [0.3, 0.4) is 0 Å². The third kappa shape index (κ3) is 8.12. The minimum atomic E-state index is -2.27. The van der Waals surface area contributed by atoms with Crippen LogP contribution in [0.1, 0.15) is 13.8 Å². The van der Waals surface area contributed by atoms with Gasteiger partial charge in [-0.15, -0.1) is 0 Å². The lowest BCUT2D eigenvalue weighted by molar-refractivity contribution is 0.0357. The Balaban J connectivity index is 0. The Morgan fingerprint density at radius 3 is 1.46 bits per heavy atom. The lowest BCUT2D eigenvalue weighted by Crippen LogP contribution is -2.42. The van der Waals surface area contributed by atoms with Crippen molar-refractivity contribution in [1.82, 2.24) is 9.80 Å². The maximum atomic E-state index is 12.2. The van der Waals surface area contributed by atoms with Crippen LogP contribution in [0.2, 0.25) is 0 Å². The molecule has 2 nitrogen and oxygen atoms in total.